The molecule has 1 unspecified atom stereocenters. The third-order valence-corrected chi connectivity index (χ3v) is 2.66. The zero-order valence-corrected chi connectivity index (χ0v) is 12.1. The number of rotatable bonds is 11. The van der Waals surface area contributed by atoms with Crippen molar-refractivity contribution in [3.05, 3.63) is 0 Å². The van der Waals surface area contributed by atoms with Crippen molar-refractivity contribution in [3.63, 3.8) is 0 Å². The molecule has 0 bridgehead atoms. The Kier molecular flexibility index (Phi) is 9.92. The highest BCUT2D eigenvalue weighted by atomic mass is 16.5. The van der Waals surface area contributed by atoms with Gasteiger partial charge in [-0.15, -0.1) is 0 Å². The monoisotopic (exact) mass is 260 g/mol. The fourth-order valence-corrected chi connectivity index (χ4v) is 1.54. The predicted molar refractivity (Wildman–Crippen MR) is 72.9 cm³/mol. The molecular weight excluding hydrogens is 232 g/mol. The van der Waals surface area contributed by atoms with Crippen LogP contribution < -0.4 is 5.32 Å². The van der Waals surface area contributed by atoms with E-state index < -0.39 is 12.0 Å². The first-order valence-corrected chi connectivity index (χ1v) is 6.73. The predicted octanol–water partition coefficient (Wildman–Crippen LogP) is 1.19. The van der Waals surface area contributed by atoms with Crippen LogP contribution in [-0.2, 0) is 9.53 Å². The minimum atomic E-state index is -0.768. The van der Waals surface area contributed by atoms with Gasteiger partial charge in [-0.05, 0) is 46.8 Å². The maximum atomic E-state index is 11.0. The van der Waals surface area contributed by atoms with Gasteiger partial charge in [-0.2, -0.15) is 0 Å². The summed E-state index contributed by atoms with van der Waals surface area (Å²) in [6, 6.07) is -0.446. The van der Waals surface area contributed by atoms with Crippen LogP contribution in [0.4, 0.5) is 0 Å². The Morgan fingerprint density at radius 3 is 2.56 bits per heavy atom. The van der Waals surface area contributed by atoms with E-state index in [2.05, 4.69) is 10.2 Å². The van der Waals surface area contributed by atoms with Gasteiger partial charge in [0.2, 0.25) is 0 Å². The number of carboxylic acid groups (broad SMARTS) is 1. The van der Waals surface area contributed by atoms with Crippen LogP contribution in [0.3, 0.4) is 0 Å². The van der Waals surface area contributed by atoms with Crippen molar-refractivity contribution in [2.45, 2.75) is 45.8 Å². The zero-order chi connectivity index (χ0) is 14.0. The smallest absolute Gasteiger partial charge is 0.320 e. The normalized spacial score (nSPS) is 13.2. The molecule has 0 heterocycles. The molecule has 5 nitrogen and oxygen atoms in total. The van der Waals surface area contributed by atoms with Crippen molar-refractivity contribution in [2.75, 3.05) is 33.3 Å². The average Bonchev–Trinajstić information content (AvgIpc) is 2.28. The Balaban J connectivity index is 3.77. The number of ether oxygens (including phenoxy) is 1. The summed E-state index contributed by atoms with van der Waals surface area (Å²) in [4.78, 5) is 13.1. The molecule has 5 heteroatoms. The van der Waals surface area contributed by atoms with E-state index in [4.69, 9.17) is 9.84 Å². The lowest BCUT2D eigenvalue weighted by Crippen LogP contribution is -2.40. The lowest BCUT2D eigenvalue weighted by Gasteiger charge is -2.20. The number of aliphatic carboxylic acids is 1. The molecule has 0 aromatic rings. The van der Waals surface area contributed by atoms with E-state index in [9.17, 15) is 4.79 Å². The number of likely N-dealkylation sites (N-methyl/N-ethyl adjacent to an activating group) is 1. The summed E-state index contributed by atoms with van der Waals surface area (Å²) in [6.07, 6.45) is 1.81. The first-order chi connectivity index (χ1) is 8.47. The fourth-order valence-electron chi connectivity index (χ4n) is 1.54. The summed E-state index contributed by atoms with van der Waals surface area (Å²) in [7, 11) is 1.99. The molecule has 2 N–H and O–H groups in total. The van der Waals surface area contributed by atoms with Crippen LogP contribution in [0.5, 0.6) is 0 Å². The highest BCUT2D eigenvalue weighted by Crippen LogP contribution is 1.97. The van der Waals surface area contributed by atoms with Crippen LogP contribution in [0.15, 0.2) is 0 Å². The first-order valence-electron chi connectivity index (χ1n) is 6.73. The summed E-state index contributed by atoms with van der Waals surface area (Å²) in [5.41, 5.74) is 0. The molecule has 0 aliphatic rings. The minimum Gasteiger partial charge on any atom is -0.480 e. The molecule has 0 aliphatic carbocycles. The van der Waals surface area contributed by atoms with Crippen LogP contribution >= 0.6 is 0 Å². The molecule has 0 rings (SSSR count). The van der Waals surface area contributed by atoms with Crippen molar-refractivity contribution >= 4 is 5.97 Å². The second-order valence-electron chi connectivity index (χ2n) is 4.86. The van der Waals surface area contributed by atoms with E-state index in [1.165, 1.54) is 0 Å². The summed E-state index contributed by atoms with van der Waals surface area (Å²) < 4.78 is 5.46. The van der Waals surface area contributed by atoms with Gasteiger partial charge in [0, 0.05) is 6.54 Å². The third kappa shape index (κ3) is 9.39. The number of carboxylic acids is 1. The SMILES string of the molecule is CCCNC(CCN(C)CCOC(C)C)C(=O)O. The number of nitrogens with zero attached hydrogens (tertiary/aromatic N) is 1. The van der Waals surface area contributed by atoms with Gasteiger partial charge in [-0.25, -0.2) is 0 Å². The molecule has 108 valence electrons. The van der Waals surface area contributed by atoms with Gasteiger partial charge in [-0.3, -0.25) is 4.79 Å². The van der Waals surface area contributed by atoms with Gasteiger partial charge in [-0.1, -0.05) is 6.92 Å². The van der Waals surface area contributed by atoms with Gasteiger partial charge >= 0.3 is 5.97 Å². The number of nitrogens with one attached hydrogen (secondary N) is 1. The number of hydrogen-bond acceptors (Lipinski definition) is 4. The van der Waals surface area contributed by atoms with E-state index >= 15 is 0 Å². The summed E-state index contributed by atoms with van der Waals surface area (Å²) >= 11 is 0. The van der Waals surface area contributed by atoms with Crippen LogP contribution in [0.2, 0.25) is 0 Å². The van der Waals surface area contributed by atoms with E-state index in [0.29, 0.717) is 13.0 Å². The fraction of sp³-hybridized carbons (Fsp3) is 0.923. The Labute approximate surface area is 110 Å². The standard InChI is InChI=1S/C13H28N2O3/c1-5-7-14-12(13(16)17)6-8-15(4)9-10-18-11(2)3/h11-12,14H,5-10H2,1-4H3,(H,16,17). The van der Waals surface area contributed by atoms with Crippen LogP contribution in [0.25, 0.3) is 0 Å². The number of hydrogen-bond donors (Lipinski definition) is 2. The second kappa shape index (κ2) is 10.3. The van der Waals surface area contributed by atoms with Crippen molar-refractivity contribution in [1.29, 1.82) is 0 Å². The van der Waals surface area contributed by atoms with Gasteiger partial charge in [0.15, 0.2) is 0 Å². The lowest BCUT2D eigenvalue weighted by molar-refractivity contribution is -0.139. The van der Waals surface area contributed by atoms with E-state index in [1.807, 2.05) is 27.8 Å². The summed E-state index contributed by atoms with van der Waals surface area (Å²) in [6.45, 7) is 9.07. The molecule has 0 radical (unpaired) electrons. The van der Waals surface area contributed by atoms with Crippen LogP contribution in [0, 0.1) is 0 Å². The van der Waals surface area contributed by atoms with Crippen molar-refractivity contribution < 1.29 is 14.6 Å². The quantitative estimate of drug-likeness (QED) is 0.584. The third-order valence-electron chi connectivity index (χ3n) is 2.66. The first kappa shape index (κ1) is 17.4. The Morgan fingerprint density at radius 1 is 1.39 bits per heavy atom. The van der Waals surface area contributed by atoms with Gasteiger partial charge in [0.25, 0.3) is 0 Å². The van der Waals surface area contributed by atoms with Gasteiger partial charge < -0.3 is 20.1 Å². The molecule has 18 heavy (non-hydrogen) atoms. The summed E-state index contributed by atoms with van der Waals surface area (Å²) in [5, 5.41) is 12.1. The largest absolute Gasteiger partial charge is 0.480 e. The van der Waals surface area contributed by atoms with Crippen LogP contribution in [0.1, 0.15) is 33.6 Å². The average molecular weight is 260 g/mol. The topological polar surface area (TPSA) is 61.8 Å². The Hall–Kier alpha value is -0.650. The molecule has 0 spiro atoms. The molecule has 0 saturated carbocycles. The maximum absolute atomic E-state index is 11.0. The van der Waals surface area contributed by atoms with Crippen molar-refractivity contribution in [2.24, 2.45) is 0 Å². The van der Waals surface area contributed by atoms with Crippen molar-refractivity contribution in [1.82, 2.24) is 10.2 Å². The van der Waals surface area contributed by atoms with E-state index in [1.54, 1.807) is 0 Å². The van der Waals surface area contributed by atoms with E-state index in [0.717, 1.165) is 26.1 Å². The summed E-state index contributed by atoms with van der Waals surface area (Å²) in [5.74, 6) is -0.768. The molecular formula is C13H28N2O3. The molecule has 0 aromatic heterocycles. The van der Waals surface area contributed by atoms with Crippen LogP contribution in [-0.4, -0.2) is 61.4 Å². The molecule has 0 fully saturated rings. The lowest BCUT2D eigenvalue weighted by atomic mass is 10.2. The Bertz CT molecular complexity index is 222. The van der Waals surface area contributed by atoms with Gasteiger partial charge in [0.05, 0.1) is 12.7 Å². The molecule has 0 amide bonds. The highest BCUT2D eigenvalue weighted by molar-refractivity contribution is 5.73. The highest BCUT2D eigenvalue weighted by Gasteiger charge is 2.16. The van der Waals surface area contributed by atoms with Gasteiger partial charge in [0.1, 0.15) is 6.04 Å². The molecule has 0 aliphatic heterocycles. The molecule has 0 saturated heterocycles. The zero-order valence-electron chi connectivity index (χ0n) is 12.1. The maximum Gasteiger partial charge on any atom is 0.320 e. The van der Waals surface area contributed by atoms with E-state index in [-0.39, 0.29) is 6.10 Å². The molecule has 0 aromatic carbocycles. The minimum absolute atomic E-state index is 0.247. The molecule has 1 atom stereocenters. The Morgan fingerprint density at radius 2 is 2.06 bits per heavy atom. The second-order valence-corrected chi connectivity index (χ2v) is 4.86. The number of carbonyl (C=O) groups is 1. The van der Waals surface area contributed by atoms with Crippen molar-refractivity contribution in [3.8, 4) is 0 Å².